The number of hydrogen-bond acceptors (Lipinski definition) is 4. The molecule has 14 heavy (non-hydrogen) atoms. The summed E-state index contributed by atoms with van der Waals surface area (Å²) < 4.78 is 21.6. The summed E-state index contributed by atoms with van der Waals surface area (Å²) in [6, 6.07) is 0. The molecule has 0 aromatic carbocycles. The van der Waals surface area contributed by atoms with Gasteiger partial charge in [0.1, 0.15) is 0 Å². The molecule has 0 N–H and O–H groups in total. The molecule has 0 fully saturated rings. The van der Waals surface area contributed by atoms with Crippen LogP contribution in [0.25, 0.3) is 0 Å². The molecule has 9 heteroatoms. The maximum Gasteiger partial charge on any atom is 0.403 e. The predicted octanol–water partition coefficient (Wildman–Crippen LogP) is 0.902. The van der Waals surface area contributed by atoms with Crippen LogP contribution in [0.4, 0.5) is 0 Å². The molecule has 0 saturated carbocycles. The van der Waals surface area contributed by atoms with Gasteiger partial charge in [-0.25, -0.2) is 4.31 Å². The second kappa shape index (κ2) is 3.85. The average molecular weight is 258 g/mol. The van der Waals surface area contributed by atoms with Crippen LogP contribution in [0.15, 0.2) is 23.4 Å². The van der Waals surface area contributed by atoms with E-state index in [0.717, 1.165) is 18.4 Å². The second-order valence-electron chi connectivity index (χ2n) is 2.28. The molecule has 2 unspecified atom stereocenters. The molecule has 6 nitrogen and oxygen atoms in total. The fourth-order valence-electron chi connectivity index (χ4n) is 0.794. The maximum absolute atomic E-state index is 10.6. The molecule has 2 atom stereocenters. The minimum atomic E-state index is -2.87. The Bertz CT molecular complexity index is 358. The van der Waals surface area contributed by atoms with Crippen LogP contribution in [-0.2, 0) is 11.3 Å². The number of alkyl halides is 1. The van der Waals surface area contributed by atoms with E-state index in [4.69, 9.17) is 23.2 Å². The van der Waals surface area contributed by atoms with Crippen molar-refractivity contribution in [2.75, 3.05) is 0 Å². The highest BCUT2D eigenvalue weighted by molar-refractivity contribution is 7.76. The molecule has 0 saturated heterocycles. The van der Waals surface area contributed by atoms with Crippen molar-refractivity contribution in [2.24, 2.45) is 0 Å². The number of hydrogen-bond donors (Lipinski definition) is 0. The molecule has 1 heterocycles. The first-order valence-corrected chi connectivity index (χ1v) is 4.95. The van der Waals surface area contributed by atoms with Crippen LogP contribution in [0.1, 0.15) is 0 Å². The van der Waals surface area contributed by atoms with Gasteiger partial charge >= 0.3 is 5.12 Å². The van der Waals surface area contributed by atoms with E-state index < -0.39 is 21.3 Å². The molecule has 0 amide bonds. The lowest BCUT2D eigenvalue weighted by molar-refractivity contribution is -0.546. The fraction of sp³-hybridized carbons (Fsp3) is 0.200. The van der Waals surface area contributed by atoms with Crippen molar-refractivity contribution in [3.63, 3.8) is 0 Å². The van der Waals surface area contributed by atoms with Gasteiger partial charge in [0.25, 0.3) is 0 Å². The number of halogens is 2. The molecule has 1 aliphatic rings. The van der Waals surface area contributed by atoms with E-state index in [9.17, 15) is 18.9 Å². The predicted molar refractivity (Wildman–Crippen MR) is 49.4 cm³/mol. The average Bonchev–Trinajstić information content (AvgIpc) is 2.08. The third kappa shape index (κ3) is 1.90. The third-order valence-electron chi connectivity index (χ3n) is 1.42. The summed E-state index contributed by atoms with van der Waals surface area (Å²) in [5, 5.41) is 8.24. The van der Waals surface area contributed by atoms with Crippen LogP contribution in [0.5, 0.6) is 0 Å². The topological polar surface area (TPSA) is 86.5 Å². The van der Waals surface area contributed by atoms with Crippen LogP contribution in [0.2, 0.25) is 0 Å². The van der Waals surface area contributed by atoms with Crippen LogP contribution in [0.3, 0.4) is 0 Å². The molecule has 78 valence electrons. The molecule has 0 spiro atoms. The van der Waals surface area contributed by atoms with Crippen LogP contribution >= 0.6 is 23.2 Å². The Kier molecular flexibility index (Phi) is 3.15. The molecule has 1 rings (SSSR count). The van der Waals surface area contributed by atoms with Crippen LogP contribution < -0.4 is 0 Å². The summed E-state index contributed by atoms with van der Waals surface area (Å²) in [6.45, 7) is 0. The Morgan fingerprint density at radius 1 is 1.64 bits per heavy atom. The summed E-state index contributed by atoms with van der Waals surface area (Å²) >= 11 is 8.08. The van der Waals surface area contributed by atoms with Gasteiger partial charge in [0, 0.05) is 12.3 Å². The first-order valence-electron chi connectivity index (χ1n) is 3.16. The lowest BCUT2D eigenvalue weighted by atomic mass is 10.3. The van der Waals surface area contributed by atoms with Crippen molar-refractivity contribution in [1.82, 2.24) is 4.31 Å². The van der Waals surface area contributed by atoms with Gasteiger partial charge in [-0.15, -0.1) is 0 Å². The lowest BCUT2D eigenvalue weighted by Gasteiger charge is -2.31. The Hall–Kier alpha value is -0.630. The van der Waals surface area contributed by atoms with E-state index in [2.05, 4.69) is 0 Å². The third-order valence-corrected chi connectivity index (χ3v) is 2.90. The highest BCUT2D eigenvalue weighted by Crippen LogP contribution is 2.30. The second-order valence-corrected chi connectivity index (χ2v) is 4.10. The van der Waals surface area contributed by atoms with E-state index in [0.29, 0.717) is 4.31 Å². The van der Waals surface area contributed by atoms with Crippen molar-refractivity contribution in [3.8, 4) is 0 Å². The van der Waals surface area contributed by atoms with Gasteiger partial charge in [-0.1, -0.05) is 11.6 Å². The van der Waals surface area contributed by atoms with E-state index in [1.165, 1.54) is 0 Å². The summed E-state index contributed by atoms with van der Waals surface area (Å²) in [7, 11) is 0. The molecule has 1 aliphatic heterocycles. The van der Waals surface area contributed by atoms with E-state index in [1.54, 1.807) is 0 Å². The van der Waals surface area contributed by atoms with Gasteiger partial charge in [-0.3, -0.25) is 14.3 Å². The van der Waals surface area contributed by atoms with Crippen molar-refractivity contribution < 1.29 is 13.7 Å². The van der Waals surface area contributed by atoms with E-state index in [-0.39, 0.29) is 5.03 Å². The summed E-state index contributed by atoms with van der Waals surface area (Å²) in [4.78, 5) is 9.59. The fourth-order valence-corrected chi connectivity index (χ4v) is 1.83. The summed E-state index contributed by atoms with van der Waals surface area (Å²) in [6.07, 6.45) is 2.90. The zero-order valence-corrected chi connectivity index (χ0v) is 8.75. The monoisotopic (exact) mass is 257 g/mol. The normalized spacial score (nSPS) is 28.5. The summed E-state index contributed by atoms with van der Waals surface area (Å²) in [5.74, 6) is 0. The maximum atomic E-state index is 10.6. The Labute approximate surface area is 91.3 Å². The molecule has 0 aromatic heterocycles. The zero-order valence-electron chi connectivity index (χ0n) is 6.42. The van der Waals surface area contributed by atoms with Crippen molar-refractivity contribution in [2.45, 2.75) is 5.12 Å². The zero-order chi connectivity index (χ0) is 10.9. The van der Waals surface area contributed by atoms with Crippen LogP contribution in [-0.4, -0.2) is 23.1 Å². The molecule has 0 bridgehead atoms. The van der Waals surface area contributed by atoms with Gasteiger partial charge in [-0.2, -0.15) is 0 Å². The molecule has 0 aromatic rings. The van der Waals surface area contributed by atoms with Crippen molar-refractivity contribution in [3.05, 3.63) is 33.5 Å². The molecular weight excluding hydrogens is 255 g/mol. The van der Waals surface area contributed by atoms with Crippen molar-refractivity contribution in [1.29, 1.82) is 0 Å². The minimum Gasteiger partial charge on any atom is -0.755 e. The quantitative estimate of drug-likeness (QED) is 0.242. The highest BCUT2D eigenvalue weighted by Gasteiger charge is 2.46. The number of nitro groups is 1. The van der Waals surface area contributed by atoms with E-state index in [1.807, 2.05) is 0 Å². The molecule has 0 radical (unpaired) electrons. The first kappa shape index (κ1) is 11.4. The number of rotatable bonds is 2. The van der Waals surface area contributed by atoms with Crippen molar-refractivity contribution >= 4 is 34.5 Å². The standard InChI is InChI=1S/C5H4Cl2N2O4S/c6-4-1-2-5(7,9(10)11)8(3-4)14(12)13/h1-3H,(H,12,13)/p-1. The minimum absolute atomic E-state index is 0.0346. The highest BCUT2D eigenvalue weighted by atomic mass is 35.5. The Morgan fingerprint density at radius 3 is 2.64 bits per heavy atom. The molecular formula is C5H3Cl2N2O4S-. The SMILES string of the molecule is O=[N+]([O-])C1(Cl)C=CC(Cl)=CN1S(=O)[O-]. The smallest absolute Gasteiger partial charge is 0.403 e. The van der Waals surface area contributed by atoms with Gasteiger partial charge in [0.05, 0.1) is 21.2 Å². The lowest BCUT2D eigenvalue weighted by Crippen LogP contribution is -2.47. The van der Waals surface area contributed by atoms with E-state index >= 15 is 0 Å². The first-order chi connectivity index (χ1) is 6.38. The summed E-state index contributed by atoms with van der Waals surface area (Å²) in [5.41, 5.74) is 0. The number of nitrogens with zero attached hydrogens (tertiary/aromatic N) is 2. The van der Waals surface area contributed by atoms with Gasteiger partial charge < -0.3 is 4.55 Å². The Morgan fingerprint density at radius 2 is 2.21 bits per heavy atom. The van der Waals surface area contributed by atoms with Gasteiger partial charge in [0.15, 0.2) is 0 Å². The van der Waals surface area contributed by atoms with Gasteiger partial charge in [-0.05, 0) is 17.7 Å². The molecule has 0 aliphatic carbocycles. The largest absolute Gasteiger partial charge is 0.755 e. The Balaban J connectivity index is 3.15. The van der Waals surface area contributed by atoms with Gasteiger partial charge in [0.2, 0.25) is 0 Å². The number of allylic oxidation sites excluding steroid dienone is 2. The van der Waals surface area contributed by atoms with Crippen LogP contribution in [0, 0.1) is 10.1 Å².